The van der Waals surface area contributed by atoms with Crippen LogP contribution in [0.1, 0.15) is 47.5 Å². The third-order valence-electron chi connectivity index (χ3n) is 3.67. The van der Waals surface area contributed by atoms with Gasteiger partial charge in [0.15, 0.2) is 17.3 Å². The van der Waals surface area contributed by atoms with Crippen molar-refractivity contribution in [1.29, 1.82) is 0 Å². The van der Waals surface area contributed by atoms with Crippen molar-refractivity contribution in [3.05, 3.63) is 52.7 Å². The summed E-state index contributed by atoms with van der Waals surface area (Å²) in [6, 6.07) is 6.28. The summed E-state index contributed by atoms with van der Waals surface area (Å²) in [7, 11) is 0. The number of nitrogens with zero attached hydrogens (tertiary/aromatic N) is 2. The standard InChI is InChI=1S/C17H25N3/c1-6-13(7-2)20-11-9-8-10-15(20)14-12-16(19-18-14)17(3,4)5/h8-12,19H,6-7H2,1-5H3. The fourth-order valence-electron chi connectivity index (χ4n) is 2.36. The van der Waals surface area contributed by atoms with Crippen LogP contribution in [0.5, 0.6) is 0 Å². The van der Waals surface area contributed by atoms with Gasteiger partial charge in [-0.05, 0) is 11.8 Å². The maximum atomic E-state index is 4.51. The molecule has 0 amide bonds. The van der Waals surface area contributed by atoms with Crippen molar-refractivity contribution in [2.24, 2.45) is 5.41 Å². The highest BCUT2D eigenvalue weighted by Crippen LogP contribution is 2.30. The molecule has 0 aliphatic carbocycles. The Morgan fingerprint density at radius 3 is 2.45 bits per heavy atom. The van der Waals surface area contributed by atoms with Crippen LogP contribution >= 0.6 is 0 Å². The highest BCUT2D eigenvalue weighted by molar-refractivity contribution is 5.69. The molecule has 1 aromatic heterocycles. The summed E-state index contributed by atoms with van der Waals surface area (Å²) in [5, 5.41) is 1.15. The predicted octanol–water partition coefficient (Wildman–Crippen LogP) is 3.10. The Labute approximate surface area is 121 Å². The lowest BCUT2D eigenvalue weighted by molar-refractivity contribution is -0.541. The van der Waals surface area contributed by atoms with Gasteiger partial charge in [-0.3, -0.25) is 0 Å². The highest BCUT2D eigenvalue weighted by atomic mass is 15.4. The van der Waals surface area contributed by atoms with Crippen LogP contribution in [0.15, 0.2) is 36.2 Å². The first kappa shape index (κ1) is 14.6. The second kappa shape index (κ2) is 5.70. The molecule has 0 fully saturated rings. The van der Waals surface area contributed by atoms with Crippen LogP contribution in [-0.2, 0) is 0 Å². The van der Waals surface area contributed by atoms with Gasteiger partial charge in [0, 0.05) is 36.1 Å². The summed E-state index contributed by atoms with van der Waals surface area (Å²) >= 11 is 0. The first-order valence-corrected chi connectivity index (χ1v) is 7.39. The van der Waals surface area contributed by atoms with Crippen molar-refractivity contribution in [3.63, 3.8) is 0 Å². The Morgan fingerprint density at radius 2 is 1.90 bits per heavy atom. The molecule has 3 nitrogen and oxygen atoms in total. The number of hydrogen-bond donors (Lipinski definition) is 1. The van der Waals surface area contributed by atoms with Crippen LogP contribution in [-0.4, -0.2) is 0 Å². The molecular weight excluding hydrogens is 246 g/mol. The zero-order chi connectivity index (χ0) is 14.8. The number of allylic oxidation sites excluding steroid dienone is 1. The third-order valence-corrected chi connectivity index (χ3v) is 3.67. The molecule has 0 spiro atoms. The Bertz CT molecular complexity index is 627. The number of rotatable bonds is 2. The van der Waals surface area contributed by atoms with Crippen LogP contribution in [0.3, 0.4) is 0 Å². The maximum absolute atomic E-state index is 4.51. The van der Waals surface area contributed by atoms with E-state index in [9.17, 15) is 0 Å². The van der Waals surface area contributed by atoms with E-state index in [4.69, 9.17) is 0 Å². The molecule has 1 N–H and O–H groups in total. The minimum Gasteiger partial charge on any atom is -0.592 e. The smallest absolute Gasteiger partial charge is 0.196 e. The molecule has 0 saturated carbocycles. The van der Waals surface area contributed by atoms with E-state index in [0.29, 0.717) is 0 Å². The fraction of sp³-hybridized carbons (Fsp3) is 0.471. The molecule has 0 saturated heterocycles. The Hall–Kier alpha value is -1.77. The third kappa shape index (κ3) is 2.87. The Balaban J connectivity index is 2.69. The average Bonchev–Trinajstić information content (AvgIpc) is 2.90. The molecule has 0 radical (unpaired) electrons. The molecule has 0 unspecified atom stereocenters. The minimum absolute atomic E-state index is 0.0902. The first-order valence-electron chi connectivity index (χ1n) is 7.39. The summed E-state index contributed by atoms with van der Waals surface area (Å²) in [5.41, 5.74) is 11.3. The van der Waals surface area contributed by atoms with E-state index in [1.165, 1.54) is 5.71 Å². The van der Waals surface area contributed by atoms with E-state index in [-0.39, 0.29) is 5.41 Å². The summed E-state index contributed by atoms with van der Waals surface area (Å²) in [6.45, 7) is 11.0. The van der Waals surface area contributed by atoms with Crippen LogP contribution in [0.2, 0.25) is 0 Å². The Morgan fingerprint density at radius 1 is 1.20 bits per heavy atom. The number of aromatic nitrogens is 1. The van der Waals surface area contributed by atoms with E-state index in [1.54, 1.807) is 0 Å². The van der Waals surface area contributed by atoms with Crippen LogP contribution in [0, 0.1) is 11.1 Å². The van der Waals surface area contributed by atoms with Crippen LogP contribution in [0.4, 0.5) is 0 Å². The zero-order valence-corrected chi connectivity index (χ0v) is 13.2. The van der Waals surface area contributed by atoms with E-state index in [0.717, 1.165) is 29.6 Å². The molecule has 0 bridgehead atoms. The number of hydrogen-bond acceptors (Lipinski definition) is 1. The first-order chi connectivity index (χ1) is 9.47. The highest BCUT2D eigenvalue weighted by Gasteiger charge is 2.17. The monoisotopic (exact) mass is 271 g/mol. The number of nitrogens with one attached hydrogen (secondary N) is 1. The molecule has 0 atom stereocenters. The fourth-order valence-corrected chi connectivity index (χ4v) is 2.36. The van der Waals surface area contributed by atoms with E-state index in [2.05, 4.69) is 80.2 Å². The van der Waals surface area contributed by atoms with Crippen molar-refractivity contribution in [2.75, 3.05) is 0 Å². The van der Waals surface area contributed by atoms with Gasteiger partial charge in [-0.2, -0.15) is 4.24 Å². The van der Waals surface area contributed by atoms with Gasteiger partial charge in [-0.15, -0.1) is 0 Å². The van der Waals surface area contributed by atoms with Crippen molar-refractivity contribution in [3.8, 4) is 0 Å². The molecule has 108 valence electrons. The average molecular weight is 271 g/mol. The molecule has 0 aromatic carbocycles. The van der Waals surface area contributed by atoms with Crippen molar-refractivity contribution < 1.29 is 4.24 Å². The lowest BCUT2D eigenvalue weighted by Crippen LogP contribution is -2.41. The van der Waals surface area contributed by atoms with E-state index in [1.807, 2.05) is 0 Å². The molecular formula is C17H25N3. The summed E-state index contributed by atoms with van der Waals surface area (Å²) in [5.74, 6) is 0. The molecule has 1 aromatic rings. The topological polar surface area (TPSA) is 32.0 Å². The summed E-state index contributed by atoms with van der Waals surface area (Å²) in [4.78, 5) is 0. The van der Waals surface area contributed by atoms with Crippen molar-refractivity contribution in [2.45, 2.75) is 47.5 Å². The van der Waals surface area contributed by atoms with Crippen LogP contribution < -0.4 is 15.0 Å². The molecule has 1 aliphatic heterocycles. The van der Waals surface area contributed by atoms with Gasteiger partial charge >= 0.3 is 0 Å². The van der Waals surface area contributed by atoms with Gasteiger partial charge in [0.05, 0.1) is 0 Å². The van der Waals surface area contributed by atoms with Gasteiger partial charge in [0.1, 0.15) is 0 Å². The van der Waals surface area contributed by atoms with Crippen molar-refractivity contribution >= 4 is 5.70 Å². The lowest BCUT2D eigenvalue weighted by Gasteiger charge is -2.25. The van der Waals surface area contributed by atoms with Gasteiger partial charge < -0.3 is 10.9 Å². The minimum atomic E-state index is 0.0902. The van der Waals surface area contributed by atoms with Crippen LogP contribution in [0.25, 0.3) is 11.1 Å². The largest absolute Gasteiger partial charge is 0.592 e. The molecule has 1 aliphatic rings. The molecule has 2 heterocycles. The molecule has 2 rings (SSSR count). The van der Waals surface area contributed by atoms with Gasteiger partial charge in [0.2, 0.25) is 0 Å². The van der Waals surface area contributed by atoms with E-state index < -0.39 is 0 Å². The Kier molecular flexibility index (Phi) is 4.17. The molecule has 20 heavy (non-hydrogen) atoms. The number of pyridine rings is 1. The second-order valence-electron chi connectivity index (χ2n) is 6.15. The maximum Gasteiger partial charge on any atom is 0.196 e. The lowest BCUT2D eigenvalue weighted by atomic mass is 9.92. The predicted molar refractivity (Wildman–Crippen MR) is 82.9 cm³/mol. The SMILES string of the molecule is CCC(CC)=[n+]1ccccc1=C1C=C(C(C)(C)C)N[N-]1. The quantitative estimate of drug-likeness (QED) is 0.824. The molecule has 3 heteroatoms. The van der Waals surface area contributed by atoms with Gasteiger partial charge in [0.25, 0.3) is 0 Å². The second-order valence-corrected chi connectivity index (χ2v) is 6.15. The van der Waals surface area contributed by atoms with Gasteiger partial charge in [-0.25, -0.2) is 0 Å². The van der Waals surface area contributed by atoms with E-state index >= 15 is 0 Å². The van der Waals surface area contributed by atoms with Gasteiger partial charge in [-0.1, -0.05) is 40.7 Å². The normalized spacial score (nSPS) is 17.4. The summed E-state index contributed by atoms with van der Waals surface area (Å²) in [6.07, 6.45) is 6.39. The van der Waals surface area contributed by atoms with Crippen molar-refractivity contribution in [1.82, 2.24) is 5.43 Å². The summed E-state index contributed by atoms with van der Waals surface area (Å²) < 4.78 is 2.27. The zero-order valence-electron chi connectivity index (χ0n) is 13.2.